The van der Waals surface area contributed by atoms with Gasteiger partial charge in [-0.15, -0.1) is 0 Å². The fourth-order valence-electron chi connectivity index (χ4n) is 2.64. The van der Waals surface area contributed by atoms with Crippen LogP contribution < -0.4 is 11.1 Å². The highest BCUT2D eigenvalue weighted by Crippen LogP contribution is 2.41. The SMILES string of the molecule is N[C@H]1[C@H](OCC2CCCN2)O[C@H](CO)[C@@H](OP(=O)(O)O)[C@@H]1O. The van der Waals surface area contributed by atoms with Crippen molar-refractivity contribution in [3.05, 3.63) is 0 Å². The summed E-state index contributed by atoms with van der Waals surface area (Å²) in [6.07, 6.45) is -3.02. The van der Waals surface area contributed by atoms with Gasteiger partial charge >= 0.3 is 7.82 Å². The second-order valence-corrected chi connectivity index (χ2v) is 6.67. The molecule has 0 radical (unpaired) electrons. The molecule has 2 aliphatic rings. The summed E-state index contributed by atoms with van der Waals surface area (Å²) in [6.45, 7) is 0.634. The molecular formula is C11H23N2O8P. The highest BCUT2D eigenvalue weighted by Gasteiger charge is 2.47. The zero-order valence-corrected chi connectivity index (χ0v) is 12.8. The molecule has 0 aliphatic carbocycles. The second kappa shape index (κ2) is 7.63. The molecule has 0 saturated carbocycles. The Kier molecular flexibility index (Phi) is 6.31. The molecule has 7 N–H and O–H groups in total. The van der Waals surface area contributed by atoms with Gasteiger partial charge in [-0.2, -0.15) is 0 Å². The van der Waals surface area contributed by atoms with Crippen molar-refractivity contribution in [1.82, 2.24) is 5.32 Å². The Balaban J connectivity index is 1.96. The largest absolute Gasteiger partial charge is 0.470 e. The van der Waals surface area contributed by atoms with Crippen molar-refractivity contribution in [3.63, 3.8) is 0 Å². The Morgan fingerprint density at radius 3 is 2.68 bits per heavy atom. The molecule has 2 rings (SSSR count). The topological polar surface area (TPSA) is 164 Å². The first-order chi connectivity index (χ1) is 10.3. The molecule has 1 unspecified atom stereocenters. The predicted molar refractivity (Wildman–Crippen MR) is 73.6 cm³/mol. The van der Waals surface area contributed by atoms with E-state index in [0.717, 1.165) is 19.4 Å². The Morgan fingerprint density at radius 1 is 1.41 bits per heavy atom. The minimum atomic E-state index is -4.86. The van der Waals surface area contributed by atoms with Gasteiger partial charge < -0.3 is 40.5 Å². The first-order valence-corrected chi connectivity index (χ1v) is 8.63. The zero-order valence-electron chi connectivity index (χ0n) is 11.9. The van der Waals surface area contributed by atoms with Crippen LogP contribution in [0, 0.1) is 0 Å². The van der Waals surface area contributed by atoms with Crippen LogP contribution in [0.25, 0.3) is 0 Å². The summed E-state index contributed by atoms with van der Waals surface area (Å²) in [5.74, 6) is 0. The van der Waals surface area contributed by atoms with Gasteiger partial charge in [-0.1, -0.05) is 0 Å². The van der Waals surface area contributed by atoms with Crippen LogP contribution in [0.3, 0.4) is 0 Å². The van der Waals surface area contributed by atoms with Gasteiger partial charge in [0.1, 0.15) is 18.3 Å². The molecule has 10 nitrogen and oxygen atoms in total. The third-order valence-corrected chi connectivity index (χ3v) is 4.30. The van der Waals surface area contributed by atoms with E-state index in [0.29, 0.717) is 6.61 Å². The van der Waals surface area contributed by atoms with Crippen LogP contribution in [0.15, 0.2) is 0 Å². The molecule has 0 amide bonds. The Labute approximate surface area is 127 Å². The molecule has 0 spiro atoms. The van der Waals surface area contributed by atoms with Crippen LogP contribution >= 0.6 is 7.82 Å². The smallest absolute Gasteiger partial charge is 0.394 e. The molecule has 2 saturated heterocycles. The summed E-state index contributed by atoms with van der Waals surface area (Å²) in [6, 6.07) is -0.884. The minimum absolute atomic E-state index is 0.171. The lowest BCUT2D eigenvalue weighted by Crippen LogP contribution is -2.63. The van der Waals surface area contributed by atoms with Crippen molar-refractivity contribution in [2.75, 3.05) is 19.8 Å². The highest BCUT2D eigenvalue weighted by molar-refractivity contribution is 7.46. The maximum atomic E-state index is 10.9. The molecule has 2 fully saturated rings. The van der Waals surface area contributed by atoms with Gasteiger partial charge in [-0.25, -0.2) is 4.57 Å². The van der Waals surface area contributed by atoms with Crippen LogP contribution in [-0.4, -0.2) is 76.4 Å². The summed E-state index contributed by atoms with van der Waals surface area (Å²) in [5.41, 5.74) is 5.80. The number of nitrogens with one attached hydrogen (secondary N) is 1. The van der Waals surface area contributed by atoms with Crippen molar-refractivity contribution in [3.8, 4) is 0 Å². The van der Waals surface area contributed by atoms with E-state index in [9.17, 15) is 14.8 Å². The first-order valence-electron chi connectivity index (χ1n) is 7.10. The Bertz CT molecular complexity index is 400. The first kappa shape index (κ1) is 18.2. The lowest BCUT2D eigenvalue weighted by atomic mass is 9.98. The number of aliphatic hydroxyl groups excluding tert-OH is 2. The molecule has 11 heteroatoms. The standard InChI is InChI=1S/C11H23N2O8P/c12-8-9(15)10(21-22(16,17)18)7(4-14)20-11(8)19-5-6-2-1-3-13-6/h6-11,13-15H,1-5,12H2,(H2,16,17,18)/t6?,7-,8-,9-,10-,11-/m1/s1. The normalized spacial score (nSPS) is 40.0. The monoisotopic (exact) mass is 342 g/mol. The van der Waals surface area contributed by atoms with E-state index in [1.165, 1.54) is 0 Å². The molecule has 130 valence electrons. The van der Waals surface area contributed by atoms with Gasteiger partial charge in [-0.3, -0.25) is 4.52 Å². The lowest BCUT2D eigenvalue weighted by molar-refractivity contribution is -0.263. The van der Waals surface area contributed by atoms with Crippen molar-refractivity contribution in [2.45, 2.75) is 49.5 Å². The van der Waals surface area contributed by atoms with E-state index < -0.39 is 45.1 Å². The molecule has 2 aliphatic heterocycles. The molecule has 2 heterocycles. The summed E-state index contributed by atoms with van der Waals surface area (Å²) >= 11 is 0. The number of ether oxygens (including phenoxy) is 2. The van der Waals surface area contributed by atoms with Crippen molar-refractivity contribution in [2.24, 2.45) is 5.73 Å². The van der Waals surface area contributed by atoms with E-state index in [-0.39, 0.29) is 6.04 Å². The third kappa shape index (κ3) is 4.68. The van der Waals surface area contributed by atoms with Crippen LogP contribution in [-0.2, 0) is 18.6 Å². The van der Waals surface area contributed by atoms with Crippen LogP contribution in [0.1, 0.15) is 12.8 Å². The number of phosphoric ester groups is 1. The second-order valence-electron chi connectivity index (χ2n) is 5.48. The number of phosphoric acid groups is 1. The van der Waals surface area contributed by atoms with Crippen molar-refractivity contribution >= 4 is 7.82 Å². The average molecular weight is 342 g/mol. The van der Waals surface area contributed by atoms with E-state index in [4.69, 9.17) is 25.0 Å². The molecule has 0 aromatic carbocycles. The van der Waals surface area contributed by atoms with E-state index in [2.05, 4.69) is 9.84 Å². The molecule has 6 atom stereocenters. The fourth-order valence-corrected chi connectivity index (χ4v) is 3.21. The van der Waals surface area contributed by atoms with Crippen LogP contribution in [0.5, 0.6) is 0 Å². The van der Waals surface area contributed by atoms with Crippen molar-refractivity contribution < 1.29 is 38.6 Å². The van der Waals surface area contributed by atoms with Crippen LogP contribution in [0.4, 0.5) is 0 Å². The Hall–Kier alpha value is -0.130. The molecule has 0 aromatic rings. The fraction of sp³-hybridized carbons (Fsp3) is 1.00. The van der Waals surface area contributed by atoms with E-state index in [1.54, 1.807) is 0 Å². The lowest BCUT2D eigenvalue weighted by Gasteiger charge is -2.42. The molecular weight excluding hydrogens is 319 g/mol. The third-order valence-electron chi connectivity index (χ3n) is 3.78. The summed E-state index contributed by atoms with van der Waals surface area (Å²) in [4.78, 5) is 17.7. The van der Waals surface area contributed by atoms with E-state index >= 15 is 0 Å². The highest BCUT2D eigenvalue weighted by atomic mass is 31.2. The van der Waals surface area contributed by atoms with Gasteiger partial charge in [0.15, 0.2) is 6.29 Å². The number of hydrogen-bond acceptors (Lipinski definition) is 8. The molecule has 0 bridgehead atoms. The van der Waals surface area contributed by atoms with E-state index in [1.807, 2.05) is 0 Å². The zero-order chi connectivity index (χ0) is 16.3. The van der Waals surface area contributed by atoms with Gasteiger partial charge in [0.25, 0.3) is 0 Å². The molecule has 22 heavy (non-hydrogen) atoms. The maximum Gasteiger partial charge on any atom is 0.470 e. The van der Waals surface area contributed by atoms with Crippen LogP contribution in [0.2, 0.25) is 0 Å². The quantitative estimate of drug-likeness (QED) is 0.288. The van der Waals surface area contributed by atoms with Gasteiger partial charge in [0, 0.05) is 6.04 Å². The summed E-state index contributed by atoms with van der Waals surface area (Å²) in [5, 5.41) is 22.6. The average Bonchev–Trinajstić information content (AvgIpc) is 2.95. The van der Waals surface area contributed by atoms with Gasteiger partial charge in [0.2, 0.25) is 0 Å². The number of nitrogens with two attached hydrogens (primary N) is 1. The predicted octanol–water partition coefficient (Wildman–Crippen LogP) is -2.36. The summed E-state index contributed by atoms with van der Waals surface area (Å²) in [7, 11) is -4.86. The van der Waals surface area contributed by atoms with Gasteiger partial charge in [0.05, 0.1) is 19.3 Å². The number of aliphatic hydroxyl groups is 2. The van der Waals surface area contributed by atoms with Gasteiger partial charge in [-0.05, 0) is 19.4 Å². The molecule has 0 aromatic heterocycles. The minimum Gasteiger partial charge on any atom is -0.394 e. The maximum absolute atomic E-state index is 10.9. The number of rotatable bonds is 6. The van der Waals surface area contributed by atoms with Crippen molar-refractivity contribution in [1.29, 1.82) is 0 Å². The summed E-state index contributed by atoms with van der Waals surface area (Å²) < 4.78 is 26.3. The Morgan fingerprint density at radius 2 is 2.14 bits per heavy atom. The number of hydrogen-bond donors (Lipinski definition) is 6.